The van der Waals surface area contributed by atoms with Crippen molar-refractivity contribution in [2.75, 3.05) is 26.2 Å². The lowest BCUT2D eigenvalue weighted by molar-refractivity contribution is 0.0561. The van der Waals surface area contributed by atoms with Crippen molar-refractivity contribution < 1.29 is 9.84 Å². The van der Waals surface area contributed by atoms with Crippen LogP contribution in [0, 0.1) is 12.8 Å². The third-order valence-electron chi connectivity index (χ3n) is 3.87. The Hall–Kier alpha value is -1.06. The van der Waals surface area contributed by atoms with Crippen LogP contribution in [0.2, 0.25) is 0 Å². The van der Waals surface area contributed by atoms with E-state index < -0.39 is 6.10 Å². The third-order valence-corrected chi connectivity index (χ3v) is 3.87. The summed E-state index contributed by atoms with van der Waals surface area (Å²) in [6, 6.07) is 7.92. The number of aliphatic hydroxyl groups excluding tert-OH is 1. The van der Waals surface area contributed by atoms with E-state index in [1.54, 1.807) is 0 Å². The molecule has 1 N–H and O–H groups in total. The summed E-state index contributed by atoms with van der Waals surface area (Å²) in [4.78, 5) is 2.34. The number of nitrogens with zero attached hydrogens (tertiary/aromatic N) is 1. The Morgan fingerprint density at radius 3 is 2.68 bits per heavy atom. The first-order valence-corrected chi connectivity index (χ1v) is 7.24. The lowest BCUT2D eigenvalue weighted by Gasteiger charge is -2.31. The second-order valence-electron chi connectivity index (χ2n) is 5.71. The highest BCUT2D eigenvalue weighted by molar-refractivity contribution is 5.31. The van der Waals surface area contributed by atoms with Gasteiger partial charge in [0, 0.05) is 6.54 Å². The molecule has 0 bridgehead atoms. The van der Waals surface area contributed by atoms with Crippen molar-refractivity contribution in [1.29, 1.82) is 0 Å². The number of benzene rings is 1. The molecule has 1 heterocycles. The number of hydrogen-bond acceptors (Lipinski definition) is 3. The topological polar surface area (TPSA) is 32.7 Å². The van der Waals surface area contributed by atoms with Crippen molar-refractivity contribution in [2.24, 2.45) is 5.92 Å². The Morgan fingerprint density at radius 1 is 1.32 bits per heavy atom. The Labute approximate surface area is 116 Å². The van der Waals surface area contributed by atoms with Gasteiger partial charge in [-0.05, 0) is 50.4 Å². The molecule has 0 aliphatic carbocycles. The molecule has 1 fully saturated rings. The maximum Gasteiger partial charge on any atom is 0.122 e. The summed E-state index contributed by atoms with van der Waals surface area (Å²) in [5.74, 6) is 1.70. The molecule has 1 aromatic rings. The Morgan fingerprint density at radius 2 is 2.00 bits per heavy atom. The largest absolute Gasteiger partial charge is 0.491 e. The van der Waals surface area contributed by atoms with Gasteiger partial charge in [-0.3, -0.25) is 0 Å². The average molecular weight is 263 g/mol. The highest BCUT2D eigenvalue weighted by atomic mass is 16.5. The quantitative estimate of drug-likeness (QED) is 0.886. The summed E-state index contributed by atoms with van der Waals surface area (Å²) < 4.78 is 5.68. The molecule has 2 rings (SSSR count). The molecule has 0 unspecified atom stereocenters. The number of likely N-dealkylation sites (tertiary alicyclic amines) is 1. The number of aliphatic hydroxyl groups is 1. The van der Waals surface area contributed by atoms with E-state index in [-0.39, 0.29) is 0 Å². The zero-order valence-corrected chi connectivity index (χ0v) is 12.0. The summed E-state index contributed by atoms with van der Waals surface area (Å²) >= 11 is 0. The van der Waals surface area contributed by atoms with E-state index in [0.717, 1.165) is 36.9 Å². The lowest BCUT2D eigenvalue weighted by atomic mass is 9.99. The third kappa shape index (κ3) is 4.51. The highest BCUT2D eigenvalue weighted by Gasteiger charge is 2.18. The zero-order chi connectivity index (χ0) is 13.7. The van der Waals surface area contributed by atoms with E-state index in [0.29, 0.717) is 6.61 Å². The molecule has 1 saturated heterocycles. The summed E-state index contributed by atoms with van der Waals surface area (Å²) in [5.41, 5.74) is 1.11. The molecular weight excluding hydrogens is 238 g/mol. The van der Waals surface area contributed by atoms with Crippen LogP contribution >= 0.6 is 0 Å². The number of para-hydroxylation sites is 1. The van der Waals surface area contributed by atoms with Crippen LogP contribution in [0.3, 0.4) is 0 Å². The summed E-state index contributed by atoms with van der Waals surface area (Å²) in [7, 11) is 0. The van der Waals surface area contributed by atoms with Crippen molar-refractivity contribution in [3.63, 3.8) is 0 Å². The summed E-state index contributed by atoms with van der Waals surface area (Å²) in [6.07, 6.45) is 2.07. The van der Waals surface area contributed by atoms with Gasteiger partial charge in [-0.2, -0.15) is 0 Å². The first-order chi connectivity index (χ1) is 9.15. The number of piperidine rings is 1. The van der Waals surface area contributed by atoms with Crippen LogP contribution in [-0.4, -0.2) is 42.4 Å². The maximum atomic E-state index is 10.1. The van der Waals surface area contributed by atoms with Gasteiger partial charge in [0.2, 0.25) is 0 Å². The molecule has 1 aliphatic heterocycles. The van der Waals surface area contributed by atoms with Gasteiger partial charge in [0.15, 0.2) is 0 Å². The van der Waals surface area contributed by atoms with Crippen molar-refractivity contribution >= 4 is 0 Å². The van der Waals surface area contributed by atoms with Gasteiger partial charge in [0.1, 0.15) is 18.5 Å². The fraction of sp³-hybridized carbons (Fsp3) is 0.625. The van der Waals surface area contributed by atoms with Gasteiger partial charge < -0.3 is 14.7 Å². The van der Waals surface area contributed by atoms with Gasteiger partial charge >= 0.3 is 0 Å². The van der Waals surface area contributed by atoms with Gasteiger partial charge in [0.25, 0.3) is 0 Å². The molecule has 3 heteroatoms. The van der Waals surface area contributed by atoms with E-state index in [4.69, 9.17) is 4.74 Å². The smallest absolute Gasteiger partial charge is 0.122 e. The Bertz CT molecular complexity index is 386. The molecule has 1 atom stereocenters. The van der Waals surface area contributed by atoms with Crippen LogP contribution in [0.5, 0.6) is 5.75 Å². The van der Waals surface area contributed by atoms with E-state index in [9.17, 15) is 5.11 Å². The minimum absolute atomic E-state index is 0.372. The molecular formula is C16H25NO2. The molecule has 0 amide bonds. The second kappa shape index (κ2) is 6.92. The van der Waals surface area contributed by atoms with Crippen molar-refractivity contribution in [3.8, 4) is 5.75 Å². The minimum atomic E-state index is -0.409. The SMILES string of the molecule is Cc1ccccc1OC[C@@H](O)CN1CCC(C)CC1. The maximum absolute atomic E-state index is 10.1. The van der Waals surface area contributed by atoms with Crippen LogP contribution in [0.25, 0.3) is 0 Å². The predicted octanol–water partition coefficient (Wildman–Crippen LogP) is 2.47. The average Bonchev–Trinajstić information content (AvgIpc) is 2.40. The number of rotatable bonds is 5. The second-order valence-corrected chi connectivity index (χ2v) is 5.71. The van der Waals surface area contributed by atoms with Crippen LogP contribution in [0.4, 0.5) is 0 Å². The summed E-state index contributed by atoms with van der Waals surface area (Å²) in [5, 5.41) is 10.1. The van der Waals surface area contributed by atoms with Crippen LogP contribution in [0.15, 0.2) is 24.3 Å². The van der Waals surface area contributed by atoms with Crippen molar-refractivity contribution in [2.45, 2.75) is 32.8 Å². The van der Waals surface area contributed by atoms with E-state index in [1.165, 1.54) is 12.8 Å². The zero-order valence-electron chi connectivity index (χ0n) is 12.0. The summed E-state index contributed by atoms with van der Waals surface area (Å²) in [6.45, 7) is 7.61. The molecule has 0 aromatic heterocycles. The Kier molecular flexibility index (Phi) is 5.23. The highest BCUT2D eigenvalue weighted by Crippen LogP contribution is 2.18. The number of aryl methyl sites for hydroxylation is 1. The monoisotopic (exact) mass is 263 g/mol. The van der Waals surface area contributed by atoms with E-state index in [1.807, 2.05) is 31.2 Å². The van der Waals surface area contributed by atoms with E-state index in [2.05, 4.69) is 11.8 Å². The molecule has 106 valence electrons. The minimum Gasteiger partial charge on any atom is -0.491 e. The van der Waals surface area contributed by atoms with Gasteiger partial charge in [-0.1, -0.05) is 25.1 Å². The molecule has 3 nitrogen and oxygen atoms in total. The van der Waals surface area contributed by atoms with Crippen molar-refractivity contribution in [3.05, 3.63) is 29.8 Å². The number of β-amino-alcohol motifs (C(OH)–C–C–N with tert-alkyl or cyclic N) is 1. The van der Waals surface area contributed by atoms with Crippen LogP contribution < -0.4 is 4.74 Å². The van der Waals surface area contributed by atoms with Crippen LogP contribution in [0.1, 0.15) is 25.3 Å². The normalized spacial score (nSPS) is 19.3. The van der Waals surface area contributed by atoms with Crippen molar-refractivity contribution in [1.82, 2.24) is 4.90 Å². The number of hydrogen-bond donors (Lipinski definition) is 1. The molecule has 0 spiro atoms. The standard InChI is InChI=1S/C16H25NO2/c1-13-7-9-17(10-8-13)11-15(18)12-19-16-6-4-3-5-14(16)2/h3-6,13,15,18H,7-12H2,1-2H3/t15-/m0/s1. The van der Waals surface area contributed by atoms with Gasteiger partial charge in [0.05, 0.1) is 0 Å². The molecule has 1 aliphatic rings. The molecule has 1 aromatic carbocycles. The lowest BCUT2D eigenvalue weighted by Crippen LogP contribution is -2.40. The van der Waals surface area contributed by atoms with E-state index >= 15 is 0 Å². The fourth-order valence-corrected chi connectivity index (χ4v) is 2.50. The first-order valence-electron chi connectivity index (χ1n) is 7.24. The molecule has 19 heavy (non-hydrogen) atoms. The number of ether oxygens (including phenoxy) is 1. The first kappa shape index (κ1) is 14.4. The van der Waals surface area contributed by atoms with Gasteiger partial charge in [-0.15, -0.1) is 0 Å². The molecule has 0 radical (unpaired) electrons. The van der Waals surface area contributed by atoms with Gasteiger partial charge in [-0.25, -0.2) is 0 Å². The fourth-order valence-electron chi connectivity index (χ4n) is 2.50. The predicted molar refractivity (Wildman–Crippen MR) is 77.5 cm³/mol. The van der Waals surface area contributed by atoms with Crippen LogP contribution in [-0.2, 0) is 0 Å². The Balaban J connectivity index is 1.73. The molecule has 0 saturated carbocycles.